The number of aliphatic carboxylic acids is 1. The number of hydrogen-bond donors (Lipinski definition) is 4. The minimum Gasteiger partial charge on any atom is -0.480 e. The van der Waals surface area contributed by atoms with Crippen molar-refractivity contribution in [3.05, 3.63) is 28.0 Å². The molecule has 0 unspecified atom stereocenters. The summed E-state index contributed by atoms with van der Waals surface area (Å²) in [4.78, 5) is 22.5. The molecule has 6 nitrogen and oxygen atoms in total. The van der Waals surface area contributed by atoms with E-state index in [0.717, 1.165) is 6.07 Å². The van der Waals surface area contributed by atoms with Crippen LogP contribution in [0.5, 0.6) is 0 Å². The maximum atomic E-state index is 13.4. The average molecular weight is 349 g/mol. The number of hydrogen-bond acceptors (Lipinski definition) is 3. The SMILES string of the molecule is Cc1cc(Br)c(F)cc1NC(=O)N[C@@H](CCO)C(=O)O. The highest BCUT2D eigenvalue weighted by Crippen LogP contribution is 2.23. The second kappa shape index (κ2) is 7.20. The maximum absolute atomic E-state index is 13.4. The Morgan fingerprint density at radius 2 is 2.10 bits per heavy atom. The van der Waals surface area contributed by atoms with Crippen LogP contribution in [0.15, 0.2) is 16.6 Å². The molecule has 0 saturated carbocycles. The fourth-order valence-corrected chi connectivity index (χ4v) is 1.94. The van der Waals surface area contributed by atoms with Crippen molar-refractivity contribution in [2.75, 3.05) is 11.9 Å². The van der Waals surface area contributed by atoms with Gasteiger partial charge in [0.1, 0.15) is 11.9 Å². The number of carboxylic acids is 1. The van der Waals surface area contributed by atoms with Gasteiger partial charge in [-0.3, -0.25) is 0 Å². The number of amides is 2. The Kier molecular flexibility index (Phi) is 5.90. The van der Waals surface area contributed by atoms with E-state index in [-0.39, 0.29) is 23.2 Å². The summed E-state index contributed by atoms with van der Waals surface area (Å²) in [6.45, 7) is 1.30. The fraction of sp³-hybridized carbons (Fsp3) is 0.333. The average Bonchev–Trinajstić information content (AvgIpc) is 2.35. The van der Waals surface area contributed by atoms with Gasteiger partial charge in [-0.1, -0.05) is 0 Å². The highest BCUT2D eigenvalue weighted by molar-refractivity contribution is 9.10. The predicted octanol–water partition coefficient (Wildman–Crippen LogP) is 1.85. The number of rotatable bonds is 5. The Hall–Kier alpha value is -1.67. The normalized spacial score (nSPS) is 11.8. The molecule has 0 radical (unpaired) electrons. The lowest BCUT2D eigenvalue weighted by atomic mass is 10.2. The van der Waals surface area contributed by atoms with Crippen LogP contribution in [0.4, 0.5) is 14.9 Å². The van der Waals surface area contributed by atoms with Crippen molar-refractivity contribution in [2.45, 2.75) is 19.4 Å². The van der Waals surface area contributed by atoms with Gasteiger partial charge in [0.15, 0.2) is 0 Å². The second-order valence-electron chi connectivity index (χ2n) is 4.08. The molecule has 20 heavy (non-hydrogen) atoms. The standard InChI is InChI=1S/C12H14BrFN2O4/c1-6-4-7(13)8(14)5-10(6)16-12(20)15-9(2-3-17)11(18)19/h4-5,9,17H,2-3H2,1H3,(H,18,19)(H2,15,16,20)/t9-/m0/s1. The second-order valence-corrected chi connectivity index (χ2v) is 4.94. The molecule has 4 N–H and O–H groups in total. The van der Waals surface area contributed by atoms with E-state index in [0.29, 0.717) is 5.56 Å². The number of nitrogens with one attached hydrogen (secondary N) is 2. The van der Waals surface area contributed by atoms with E-state index >= 15 is 0 Å². The number of benzene rings is 1. The topological polar surface area (TPSA) is 98.7 Å². The van der Waals surface area contributed by atoms with Crippen LogP contribution in [0.1, 0.15) is 12.0 Å². The molecule has 0 saturated heterocycles. The van der Waals surface area contributed by atoms with Crippen LogP contribution in [0.3, 0.4) is 0 Å². The summed E-state index contributed by atoms with van der Waals surface area (Å²) in [6, 6.07) is 0.630. The third kappa shape index (κ3) is 4.46. The molecule has 0 fully saturated rings. The Morgan fingerprint density at radius 1 is 1.45 bits per heavy atom. The fourth-order valence-electron chi connectivity index (χ4n) is 1.48. The Morgan fingerprint density at radius 3 is 2.65 bits per heavy atom. The summed E-state index contributed by atoms with van der Waals surface area (Å²) in [5.41, 5.74) is 0.846. The van der Waals surface area contributed by atoms with E-state index in [2.05, 4.69) is 26.6 Å². The summed E-state index contributed by atoms with van der Waals surface area (Å²) in [5, 5.41) is 22.1. The quantitative estimate of drug-likeness (QED) is 0.652. The molecule has 0 bridgehead atoms. The van der Waals surface area contributed by atoms with Crippen molar-refractivity contribution in [2.24, 2.45) is 0 Å². The third-order valence-corrected chi connectivity index (χ3v) is 3.14. The zero-order chi connectivity index (χ0) is 15.3. The summed E-state index contributed by atoms with van der Waals surface area (Å²) >= 11 is 3.02. The van der Waals surface area contributed by atoms with Gasteiger partial charge in [-0.05, 0) is 40.5 Å². The molecule has 0 aromatic heterocycles. The number of aliphatic hydroxyl groups is 1. The summed E-state index contributed by atoms with van der Waals surface area (Å²) < 4.78 is 13.6. The van der Waals surface area contributed by atoms with Gasteiger partial charge in [-0.2, -0.15) is 0 Å². The smallest absolute Gasteiger partial charge is 0.326 e. The largest absolute Gasteiger partial charge is 0.480 e. The van der Waals surface area contributed by atoms with Gasteiger partial charge in [-0.15, -0.1) is 0 Å². The molecular weight excluding hydrogens is 335 g/mol. The highest BCUT2D eigenvalue weighted by Gasteiger charge is 2.19. The first-order valence-electron chi connectivity index (χ1n) is 5.72. The summed E-state index contributed by atoms with van der Waals surface area (Å²) in [6.07, 6.45) is -0.115. The molecule has 1 aromatic rings. The number of carbonyl (C=O) groups excluding carboxylic acids is 1. The number of halogens is 2. The van der Waals surface area contributed by atoms with E-state index in [1.165, 1.54) is 6.07 Å². The minimum atomic E-state index is -1.26. The molecule has 2 amide bonds. The molecule has 0 aliphatic rings. The van der Waals surface area contributed by atoms with Crippen LogP contribution in [-0.2, 0) is 4.79 Å². The lowest BCUT2D eigenvalue weighted by Crippen LogP contribution is -2.43. The monoisotopic (exact) mass is 348 g/mol. The molecular formula is C12H14BrFN2O4. The van der Waals surface area contributed by atoms with Gasteiger partial charge in [0.25, 0.3) is 0 Å². The number of aryl methyl sites for hydroxylation is 1. The van der Waals surface area contributed by atoms with Crippen LogP contribution < -0.4 is 10.6 Å². The van der Waals surface area contributed by atoms with Gasteiger partial charge in [-0.25, -0.2) is 14.0 Å². The van der Waals surface area contributed by atoms with Crippen LogP contribution in [0.25, 0.3) is 0 Å². The van der Waals surface area contributed by atoms with Crippen LogP contribution in [-0.4, -0.2) is 34.9 Å². The maximum Gasteiger partial charge on any atom is 0.326 e. The minimum absolute atomic E-state index is 0.115. The van der Waals surface area contributed by atoms with Gasteiger partial charge >= 0.3 is 12.0 Å². The van der Waals surface area contributed by atoms with Crippen molar-refractivity contribution in [3.63, 3.8) is 0 Å². The van der Waals surface area contributed by atoms with Crippen LogP contribution >= 0.6 is 15.9 Å². The molecule has 1 aromatic carbocycles. The molecule has 0 aliphatic heterocycles. The van der Waals surface area contributed by atoms with Crippen molar-refractivity contribution in [1.82, 2.24) is 5.32 Å². The highest BCUT2D eigenvalue weighted by atomic mass is 79.9. The van der Waals surface area contributed by atoms with Crippen molar-refractivity contribution >= 4 is 33.6 Å². The van der Waals surface area contributed by atoms with Crippen molar-refractivity contribution in [1.29, 1.82) is 0 Å². The van der Waals surface area contributed by atoms with Crippen molar-refractivity contribution in [3.8, 4) is 0 Å². The van der Waals surface area contributed by atoms with Gasteiger partial charge < -0.3 is 20.8 Å². The number of urea groups is 1. The third-order valence-electron chi connectivity index (χ3n) is 2.54. The van der Waals surface area contributed by atoms with Crippen LogP contribution in [0, 0.1) is 12.7 Å². The number of carbonyl (C=O) groups is 2. The Bertz CT molecular complexity index is 524. The van der Waals surface area contributed by atoms with Gasteiger partial charge in [0, 0.05) is 18.7 Å². The zero-order valence-corrected chi connectivity index (χ0v) is 12.2. The molecule has 0 heterocycles. The summed E-state index contributed by atoms with van der Waals surface area (Å²) in [7, 11) is 0. The lowest BCUT2D eigenvalue weighted by molar-refractivity contribution is -0.139. The number of aliphatic hydroxyl groups excluding tert-OH is 1. The van der Waals surface area contributed by atoms with E-state index < -0.39 is 23.9 Å². The number of carboxylic acid groups (broad SMARTS) is 1. The van der Waals surface area contributed by atoms with E-state index in [1.807, 2.05) is 0 Å². The molecule has 8 heteroatoms. The first kappa shape index (κ1) is 16.4. The molecule has 110 valence electrons. The Labute approximate surface area is 123 Å². The van der Waals surface area contributed by atoms with Crippen molar-refractivity contribution < 1.29 is 24.2 Å². The molecule has 0 aliphatic carbocycles. The van der Waals surface area contributed by atoms with Crippen LogP contribution in [0.2, 0.25) is 0 Å². The Balaban J connectivity index is 2.75. The first-order valence-corrected chi connectivity index (χ1v) is 6.51. The summed E-state index contributed by atoms with van der Waals surface area (Å²) in [5.74, 6) is -1.80. The van der Waals surface area contributed by atoms with Gasteiger partial charge in [0.05, 0.1) is 4.47 Å². The lowest BCUT2D eigenvalue weighted by Gasteiger charge is -2.15. The molecule has 0 spiro atoms. The first-order chi connectivity index (χ1) is 9.35. The molecule has 1 atom stereocenters. The zero-order valence-electron chi connectivity index (χ0n) is 10.6. The predicted molar refractivity (Wildman–Crippen MR) is 74.1 cm³/mol. The van der Waals surface area contributed by atoms with E-state index in [9.17, 15) is 14.0 Å². The van der Waals surface area contributed by atoms with Gasteiger partial charge in [0.2, 0.25) is 0 Å². The number of anilines is 1. The van der Waals surface area contributed by atoms with E-state index in [4.69, 9.17) is 10.2 Å². The van der Waals surface area contributed by atoms with E-state index in [1.54, 1.807) is 6.92 Å². The molecule has 1 rings (SSSR count).